The summed E-state index contributed by atoms with van der Waals surface area (Å²) < 4.78 is 47.9. The van der Waals surface area contributed by atoms with Gasteiger partial charge >= 0.3 is 23.9 Å². The molecule has 2 aliphatic rings. The zero-order valence-corrected chi connectivity index (χ0v) is 18.3. The van der Waals surface area contributed by atoms with Crippen LogP contribution >= 0.6 is 0 Å². The van der Waals surface area contributed by atoms with E-state index in [0.717, 1.165) is 0 Å². The normalized spacial score (nSPS) is 18.7. The summed E-state index contributed by atoms with van der Waals surface area (Å²) in [6.07, 6.45) is -3.13. The molecule has 0 aliphatic carbocycles. The lowest BCUT2D eigenvalue weighted by Crippen LogP contribution is -2.16. The van der Waals surface area contributed by atoms with Crippen LogP contribution in [0, 0.1) is 0 Å². The molecule has 0 fully saturated rings. The molecule has 0 radical (unpaired) electrons. The maximum absolute atomic E-state index is 13.8. The summed E-state index contributed by atoms with van der Waals surface area (Å²) in [6, 6.07) is 7.85. The van der Waals surface area contributed by atoms with Crippen molar-refractivity contribution in [3.8, 4) is 0 Å². The Kier molecular flexibility index (Phi) is 5.66. The summed E-state index contributed by atoms with van der Waals surface area (Å²) >= 11 is 0. The summed E-state index contributed by atoms with van der Waals surface area (Å²) in [5.41, 5.74) is -0.402. The highest BCUT2D eigenvalue weighted by Crippen LogP contribution is 2.42. The second-order valence-electron chi connectivity index (χ2n) is 7.10. The third-order valence-electron chi connectivity index (χ3n) is 5.10. The molecular formula is C22H18O10S. The molecule has 33 heavy (non-hydrogen) atoms. The largest absolute Gasteiger partial charge is 0.420 e. The number of esters is 4. The van der Waals surface area contributed by atoms with E-state index in [1.807, 2.05) is 0 Å². The fourth-order valence-electron chi connectivity index (χ4n) is 3.53. The van der Waals surface area contributed by atoms with Gasteiger partial charge in [0.05, 0.1) is 32.0 Å². The van der Waals surface area contributed by atoms with Crippen molar-refractivity contribution < 1.29 is 46.5 Å². The molecule has 2 atom stereocenters. The molecule has 2 aromatic rings. The zero-order chi connectivity index (χ0) is 23.9. The van der Waals surface area contributed by atoms with E-state index < -0.39 is 46.3 Å². The number of benzene rings is 2. The molecule has 11 heteroatoms. The van der Waals surface area contributed by atoms with Gasteiger partial charge in [0.25, 0.3) is 12.6 Å². The Morgan fingerprint density at radius 1 is 0.788 bits per heavy atom. The smallest absolute Gasteiger partial charge is 0.342 e. The number of fused-ring (bicyclic) bond motifs is 2. The van der Waals surface area contributed by atoms with Crippen molar-refractivity contribution in [2.75, 3.05) is 0 Å². The first-order valence-corrected chi connectivity index (χ1v) is 11.5. The highest BCUT2D eigenvalue weighted by molar-refractivity contribution is 7.91. The Balaban J connectivity index is 1.87. The van der Waals surface area contributed by atoms with Crippen LogP contribution in [-0.2, 0) is 38.4 Å². The van der Waals surface area contributed by atoms with Crippen LogP contribution in [0.1, 0.15) is 71.1 Å². The molecule has 0 bridgehead atoms. The summed E-state index contributed by atoms with van der Waals surface area (Å²) in [5.74, 6) is -3.08. The highest BCUT2D eigenvalue weighted by Gasteiger charge is 2.43. The number of sulfone groups is 1. The van der Waals surface area contributed by atoms with Gasteiger partial charge in [0.1, 0.15) is 0 Å². The lowest BCUT2D eigenvalue weighted by atomic mass is 10.1. The van der Waals surface area contributed by atoms with Crippen molar-refractivity contribution in [2.45, 2.75) is 49.1 Å². The maximum Gasteiger partial charge on any atom is 0.342 e. The second-order valence-corrected chi connectivity index (χ2v) is 8.99. The molecule has 0 amide bonds. The highest BCUT2D eigenvalue weighted by atomic mass is 32.2. The summed E-state index contributed by atoms with van der Waals surface area (Å²) in [5, 5.41) is 0. The van der Waals surface area contributed by atoms with E-state index in [1.165, 1.54) is 50.2 Å². The molecule has 0 saturated carbocycles. The summed E-state index contributed by atoms with van der Waals surface area (Å²) in [6.45, 7) is 3.06. The fraction of sp³-hybridized carbons (Fsp3) is 0.273. The molecule has 0 saturated heterocycles. The first kappa shape index (κ1) is 22.5. The van der Waals surface area contributed by atoms with Gasteiger partial charge in [-0.05, 0) is 24.3 Å². The standard InChI is InChI=1S/C22H18O10S/c1-3-15(23)29-21-17-11(19(25)31-21)7-5-9-13(17)33(27,28)14-10-6-8-12-18(14)22(32-20(12)26)30-16(24)4-2/h5-10,21-22H,3-4H2,1-2H3. The predicted octanol–water partition coefficient (Wildman–Crippen LogP) is 2.76. The molecule has 0 aromatic heterocycles. The Hall–Kier alpha value is -3.73. The molecule has 2 unspecified atom stereocenters. The average molecular weight is 474 g/mol. The number of hydrogen-bond acceptors (Lipinski definition) is 10. The second kappa shape index (κ2) is 8.32. The molecular weight excluding hydrogens is 456 g/mol. The van der Waals surface area contributed by atoms with E-state index in [9.17, 15) is 27.6 Å². The number of hydrogen-bond donors (Lipinski definition) is 0. The molecule has 2 aromatic carbocycles. The minimum Gasteiger partial charge on any atom is -0.420 e. The van der Waals surface area contributed by atoms with Crippen molar-refractivity contribution in [1.29, 1.82) is 0 Å². The Bertz CT molecular complexity index is 1200. The van der Waals surface area contributed by atoms with Crippen LogP contribution in [0.5, 0.6) is 0 Å². The number of carbonyl (C=O) groups excluding carboxylic acids is 4. The Labute approximate surface area is 188 Å². The van der Waals surface area contributed by atoms with E-state index in [0.29, 0.717) is 0 Å². The number of rotatable bonds is 6. The van der Waals surface area contributed by atoms with Crippen LogP contribution in [0.4, 0.5) is 0 Å². The fourth-order valence-corrected chi connectivity index (χ4v) is 5.27. The van der Waals surface area contributed by atoms with Crippen molar-refractivity contribution >= 4 is 33.7 Å². The van der Waals surface area contributed by atoms with Crippen LogP contribution in [-0.4, -0.2) is 32.3 Å². The lowest BCUT2D eigenvalue weighted by Gasteiger charge is -2.17. The third kappa shape index (κ3) is 3.74. The Morgan fingerprint density at radius 3 is 1.55 bits per heavy atom. The molecule has 0 spiro atoms. The molecule has 2 aliphatic heterocycles. The van der Waals surface area contributed by atoms with Gasteiger partial charge in [0, 0.05) is 12.8 Å². The number of ether oxygens (including phenoxy) is 4. The van der Waals surface area contributed by atoms with Crippen molar-refractivity contribution in [3.05, 3.63) is 58.7 Å². The predicted molar refractivity (Wildman–Crippen MR) is 107 cm³/mol. The van der Waals surface area contributed by atoms with E-state index in [4.69, 9.17) is 18.9 Å². The van der Waals surface area contributed by atoms with Gasteiger partial charge in [0.2, 0.25) is 9.84 Å². The van der Waals surface area contributed by atoms with Crippen LogP contribution < -0.4 is 0 Å². The molecule has 4 rings (SSSR count). The first-order valence-electron chi connectivity index (χ1n) is 10.0. The monoisotopic (exact) mass is 474 g/mol. The van der Waals surface area contributed by atoms with E-state index in [-0.39, 0.29) is 44.9 Å². The zero-order valence-electron chi connectivity index (χ0n) is 17.5. The van der Waals surface area contributed by atoms with E-state index >= 15 is 0 Å². The van der Waals surface area contributed by atoms with Gasteiger partial charge < -0.3 is 18.9 Å². The summed E-state index contributed by atoms with van der Waals surface area (Å²) in [4.78, 5) is 47.5. The molecule has 10 nitrogen and oxygen atoms in total. The van der Waals surface area contributed by atoms with Gasteiger partial charge in [-0.3, -0.25) is 9.59 Å². The number of carbonyl (C=O) groups is 4. The van der Waals surface area contributed by atoms with Gasteiger partial charge in [0.15, 0.2) is 0 Å². The third-order valence-corrected chi connectivity index (χ3v) is 6.98. The molecule has 0 N–H and O–H groups in total. The SMILES string of the molecule is CCC(=O)OC1OC(=O)c2cccc(S(=O)(=O)c3cccc4c3C(OC(=O)CC)OC4=O)c21. The minimum atomic E-state index is -4.43. The maximum atomic E-state index is 13.8. The van der Waals surface area contributed by atoms with Gasteiger partial charge in [-0.25, -0.2) is 18.0 Å². The van der Waals surface area contributed by atoms with Gasteiger partial charge in [-0.1, -0.05) is 26.0 Å². The van der Waals surface area contributed by atoms with Gasteiger partial charge in [-0.15, -0.1) is 0 Å². The number of cyclic esters (lactones) is 2. The van der Waals surface area contributed by atoms with Crippen LogP contribution in [0.25, 0.3) is 0 Å². The Morgan fingerprint density at radius 2 is 1.18 bits per heavy atom. The van der Waals surface area contributed by atoms with Crippen molar-refractivity contribution in [2.24, 2.45) is 0 Å². The molecule has 2 heterocycles. The van der Waals surface area contributed by atoms with Crippen molar-refractivity contribution in [1.82, 2.24) is 0 Å². The lowest BCUT2D eigenvalue weighted by molar-refractivity contribution is -0.168. The van der Waals surface area contributed by atoms with Crippen LogP contribution in [0.3, 0.4) is 0 Å². The van der Waals surface area contributed by atoms with E-state index in [2.05, 4.69) is 0 Å². The summed E-state index contributed by atoms with van der Waals surface area (Å²) in [7, 11) is -4.43. The van der Waals surface area contributed by atoms with E-state index in [1.54, 1.807) is 0 Å². The van der Waals surface area contributed by atoms with Crippen molar-refractivity contribution in [3.63, 3.8) is 0 Å². The van der Waals surface area contributed by atoms with Gasteiger partial charge in [-0.2, -0.15) is 0 Å². The topological polar surface area (TPSA) is 139 Å². The minimum absolute atomic E-state index is 0.0194. The average Bonchev–Trinajstić information content (AvgIpc) is 3.29. The van der Waals surface area contributed by atoms with Crippen LogP contribution in [0.15, 0.2) is 46.2 Å². The first-order chi connectivity index (χ1) is 15.7. The molecule has 172 valence electrons. The quantitative estimate of drug-likeness (QED) is 0.574. The van der Waals surface area contributed by atoms with Crippen LogP contribution in [0.2, 0.25) is 0 Å².